The van der Waals surface area contributed by atoms with Crippen molar-refractivity contribution in [2.75, 3.05) is 6.54 Å². The fourth-order valence-corrected chi connectivity index (χ4v) is 1.95. The van der Waals surface area contributed by atoms with E-state index in [2.05, 4.69) is 0 Å². The van der Waals surface area contributed by atoms with Crippen LogP contribution in [0.2, 0.25) is 0 Å². The third kappa shape index (κ3) is 3.75. The number of rotatable bonds is 5. The lowest BCUT2D eigenvalue weighted by Gasteiger charge is -2.23. The lowest BCUT2D eigenvalue weighted by Crippen LogP contribution is -2.24. The van der Waals surface area contributed by atoms with Gasteiger partial charge in [0.25, 0.3) is 0 Å². The topological polar surface area (TPSA) is 46.2 Å². The molecule has 0 spiro atoms. The van der Waals surface area contributed by atoms with Crippen molar-refractivity contribution in [2.24, 2.45) is 17.6 Å². The first-order chi connectivity index (χ1) is 7.95. The second-order valence-corrected chi connectivity index (χ2v) is 4.74. The number of hydrogen-bond donors (Lipinski definition) is 2. The molecule has 0 aliphatic rings. The first-order valence-electron chi connectivity index (χ1n) is 5.78. The summed E-state index contributed by atoms with van der Waals surface area (Å²) < 4.78 is 26.3. The van der Waals surface area contributed by atoms with Crippen molar-refractivity contribution in [1.29, 1.82) is 0 Å². The van der Waals surface area contributed by atoms with Crippen LogP contribution in [-0.4, -0.2) is 11.7 Å². The monoisotopic (exact) mass is 243 g/mol. The van der Waals surface area contributed by atoms with E-state index in [0.29, 0.717) is 12.3 Å². The van der Waals surface area contributed by atoms with Crippen LogP contribution in [0.25, 0.3) is 0 Å². The van der Waals surface area contributed by atoms with Crippen LogP contribution < -0.4 is 5.73 Å². The number of halogens is 2. The molecule has 1 aromatic rings. The Bertz CT molecular complexity index is 368. The lowest BCUT2D eigenvalue weighted by molar-refractivity contribution is 0.0958. The Morgan fingerprint density at radius 3 is 2.41 bits per heavy atom. The van der Waals surface area contributed by atoms with Gasteiger partial charge in [-0.05, 0) is 24.9 Å². The lowest BCUT2D eigenvalue weighted by atomic mass is 9.88. The molecule has 0 aliphatic heterocycles. The number of hydrogen-bond acceptors (Lipinski definition) is 2. The first kappa shape index (κ1) is 14.1. The Labute approximate surface area is 100 Å². The largest absolute Gasteiger partial charge is 0.388 e. The minimum atomic E-state index is -0.983. The smallest absolute Gasteiger partial charge is 0.131 e. The van der Waals surface area contributed by atoms with Crippen molar-refractivity contribution < 1.29 is 13.9 Å². The average molecular weight is 243 g/mol. The number of aliphatic hydroxyl groups is 1. The van der Waals surface area contributed by atoms with E-state index < -0.39 is 17.7 Å². The molecule has 2 atom stereocenters. The molecule has 2 unspecified atom stereocenters. The van der Waals surface area contributed by atoms with Gasteiger partial charge in [0.2, 0.25) is 0 Å². The van der Waals surface area contributed by atoms with Crippen LogP contribution in [0.5, 0.6) is 0 Å². The maximum absolute atomic E-state index is 13.5. The summed E-state index contributed by atoms with van der Waals surface area (Å²) in [5, 5.41) is 10.1. The van der Waals surface area contributed by atoms with Crippen molar-refractivity contribution in [2.45, 2.75) is 26.4 Å². The van der Waals surface area contributed by atoms with Gasteiger partial charge < -0.3 is 10.8 Å². The summed E-state index contributed by atoms with van der Waals surface area (Å²) >= 11 is 0. The van der Waals surface area contributed by atoms with E-state index in [9.17, 15) is 13.9 Å². The summed E-state index contributed by atoms with van der Waals surface area (Å²) in [6.07, 6.45) is -0.280. The summed E-state index contributed by atoms with van der Waals surface area (Å²) in [7, 11) is 0. The van der Waals surface area contributed by atoms with E-state index in [1.807, 2.05) is 13.8 Å². The molecule has 1 aromatic carbocycles. The standard InChI is InChI=1S/C13H19F2NO/c1-8(2)5-9(7-16)13(17)11-4-3-10(14)6-12(11)15/h3-4,6,8-9,13,17H,5,7,16H2,1-2H3. The molecule has 17 heavy (non-hydrogen) atoms. The molecule has 0 aliphatic carbocycles. The highest BCUT2D eigenvalue weighted by Crippen LogP contribution is 2.28. The van der Waals surface area contributed by atoms with Crippen molar-refractivity contribution in [3.63, 3.8) is 0 Å². The molecule has 1 rings (SSSR count). The molecule has 4 heteroatoms. The van der Waals surface area contributed by atoms with Gasteiger partial charge in [-0.25, -0.2) is 8.78 Å². The maximum atomic E-state index is 13.5. The van der Waals surface area contributed by atoms with Crippen LogP contribution in [0.15, 0.2) is 18.2 Å². The van der Waals surface area contributed by atoms with E-state index in [0.717, 1.165) is 12.1 Å². The molecule has 0 amide bonds. The number of nitrogens with two attached hydrogens (primary N) is 1. The number of aliphatic hydroxyl groups excluding tert-OH is 1. The molecule has 0 saturated heterocycles. The van der Waals surface area contributed by atoms with Gasteiger partial charge in [0, 0.05) is 17.5 Å². The SMILES string of the molecule is CC(C)CC(CN)C(O)c1ccc(F)cc1F. The Morgan fingerprint density at radius 2 is 1.94 bits per heavy atom. The summed E-state index contributed by atoms with van der Waals surface area (Å²) in [6, 6.07) is 3.20. The number of benzene rings is 1. The van der Waals surface area contributed by atoms with E-state index in [4.69, 9.17) is 5.73 Å². The molecule has 96 valence electrons. The maximum Gasteiger partial charge on any atom is 0.131 e. The Balaban J connectivity index is 2.89. The van der Waals surface area contributed by atoms with Gasteiger partial charge in [0.1, 0.15) is 11.6 Å². The third-order valence-corrected chi connectivity index (χ3v) is 2.80. The van der Waals surface area contributed by atoms with E-state index in [1.165, 1.54) is 6.07 Å². The summed E-state index contributed by atoms with van der Waals surface area (Å²) in [5.74, 6) is -1.22. The highest BCUT2D eigenvalue weighted by Gasteiger charge is 2.23. The summed E-state index contributed by atoms with van der Waals surface area (Å²) in [5.41, 5.74) is 5.70. The Morgan fingerprint density at radius 1 is 1.29 bits per heavy atom. The van der Waals surface area contributed by atoms with Crippen LogP contribution in [0.4, 0.5) is 8.78 Å². The highest BCUT2D eigenvalue weighted by molar-refractivity contribution is 5.21. The average Bonchev–Trinajstić information content (AvgIpc) is 2.24. The molecule has 0 radical (unpaired) electrons. The van der Waals surface area contributed by atoms with Crippen molar-refractivity contribution in [1.82, 2.24) is 0 Å². The van der Waals surface area contributed by atoms with Gasteiger partial charge in [0.15, 0.2) is 0 Å². The fraction of sp³-hybridized carbons (Fsp3) is 0.538. The Kier molecular flexibility index (Phi) is 5.02. The summed E-state index contributed by atoms with van der Waals surface area (Å²) in [4.78, 5) is 0. The van der Waals surface area contributed by atoms with E-state index >= 15 is 0 Å². The van der Waals surface area contributed by atoms with E-state index in [1.54, 1.807) is 0 Å². The zero-order valence-electron chi connectivity index (χ0n) is 10.2. The molecule has 0 saturated carbocycles. The molecular weight excluding hydrogens is 224 g/mol. The van der Waals surface area contributed by atoms with Crippen molar-refractivity contribution >= 4 is 0 Å². The third-order valence-electron chi connectivity index (χ3n) is 2.80. The van der Waals surface area contributed by atoms with Crippen LogP contribution in [0.3, 0.4) is 0 Å². The van der Waals surface area contributed by atoms with Gasteiger partial charge in [-0.3, -0.25) is 0 Å². The molecule has 0 heterocycles. The normalized spacial score (nSPS) is 15.0. The van der Waals surface area contributed by atoms with E-state index in [-0.39, 0.29) is 18.0 Å². The predicted octanol–water partition coefficient (Wildman–Crippen LogP) is 2.62. The minimum absolute atomic E-state index is 0.113. The van der Waals surface area contributed by atoms with Gasteiger partial charge in [-0.15, -0.1) is 0 Å². The second-order valence-electron chi connectivity index (χ2n) is 4.74. The molecule has 2 nitrogen and oxygen atoms in total. The fourth-order valence-electron chi connectivity index (χ4n) is 1.95. The highest BCUT2D eigenvalue weighted by atomic mass is 19.1. The Hall–Kier alpha value is -1.00. The molecule has 0 fully saturated rings. The predicted molar refractivity (Wildman–Crippen MR) is 63.3 cm³/mol. The van der Waals surface area contributed by atoms with Crippen molar-refractivity contribution in [3.05, 3.63) is 35.4 Å². The quantitative estimate of drug-likeness (QED) is 0.835. The first-order valence-corrected chi connectivity index (χ1v) is 5.78. The molecule has 0 aromatic heterocycles. The van der Waals surface area contributed by atoms with Crippen LogP contribution in [0, 0.1) is 23.5 Å². The van der Waals surface area contributed by atoms with Gasteiger partial charge >= 0.3 is 0 Å². The van der Waals surface area contributed by atoms with Crippen LogP contribution >= 0.6 is 0 Å². The molecule has 3 N–H and O–H groups in total. The zero-order valence-corrected chi connectivity index (χ0v) is 10.2. The zero-order chi connectivity index (χ0) is 13.0. The van der Waals surface area contributed by atoms with Gasteiger partial charge in [-0.1, -0.05) is 19.9 Å². The molecule has 0 bridgehead atoms. The van der Waals surface area contributed by atoms with Crippen LogP contribution in [0.1, 0.15) is 31.9 Å². The second kappa shape index (κ2) is 6.07. The van der Waals surface area contributed by atoms with Crippen molar-refractivity contribution in [3.8, 4) is 0 Å². The minimum Gasteiger partial charge on any atom is -0.388 e. The van der Waals surface area contributed by atoms with Gasteiger partial charge in [-0.2, -0.15) is 0 Å². The molecular formula is C13H19F2NO. The van der Waals surface area contributed by atoms with Crippen LogP contribution in [-0.2, 0) is 0 Å². The summed E-state index contributed by atoms with van der Waals surface area (Å²) in [6.45, 7) is 4.29. The van der Waals surface area contributed by atoms with Gasteiger partial charge in [0.05, 0.1) is 6.10 Å².